The largest absolute Gasteiger partial charge is 0.356 e. The SMILES string of the molecule is O=C(NCC1CCCC1Cl)C1CCCCCCC1. The van der Waals surface area contributed by atoms with Gasteiger partial charge in [0.2, 0.25) is 5.91 Å². The van der Waals surface area contributed by atoms with Crippen molar-refractivity contribution in [2.24, 2.45) is 11.8 Å². The van der Waals surface area contributed by atoms with Crippen molar-refractivity contribution in [3.63, 3.8) is 0 Å². The van der Waals surface area contributed by atoms with E-state index >= 15 is 0 Å². The van der Waals surface area contributed by atoms with Gasteiger partial charge in [0.15, 0.2) is 0 Å². The average molecular weight is 272 g/mol. The molecule has 104 valence electrons. The molecule has 2 nitrogen and oxygen atoms in total. The Hall–Kier alpha value is -0.240. The summed E-state index contributed by atoms with van der Waals surface area (Å²) in [7, 11) is 0. The van der Waals surface area contributed by atoms with Gasteiger partial charge in [-0.3, -0.25) is 4.79 Å². The van der Waals surface area contributed by atoms with Crippen molar-refractivity contribution in [1.29, 1.82) is 0 Å². The van der Waals surface area contributed by atoms with Gasteiger partial charge in [0, 0.05) is 17.8 Å². The molecule has 0 heterocycles. The molecule has 2 aliphatic carbocycles. The molecule has 0 aromatic heterocycles. The number of halogens is 1. The van der Waals surface area contributed by atoms with E-state index in [2.05, 4.69) is 5.32 Å². The molecule has 0 aromatic carbocycles. The van der Waals surface area contributed by atoms with Gasteiger partial charge in [-0.25, -0.2) is 0 Å². The molecule has 0 spiro atoms. The number of carbonyl (C=O) groups is 1. The molecule has 0 bridgehead atoms. The fourth-order valence-corrected chi connectivity index (χ4v) is 3.69. The first-order valence-electron chi connectivity index (χ1n) is 7.69. The van der Waals surface area contributed by atoms with Crippen LogP contribution in [0, 0.1) is 11.8 Å². The second-order valence-electron chi connectivity index (χ2n) is 5.99. The smallest absolute Gasteiger partial charge is 0.223 e. The van der Waals surface area contributed by atoms with Crippen LogP contribution in [0.2, 0.25) is 0 Å². The van der Waals surface area contributed by atoms with Gasteiger partial charge in [-0.05, 0) is 31.6 Å². The van der Waals surface area contributed by atoms with Crippen LogP contribution in [0.3, 0.4) is 0 Å². The van der Waals surface area contributed by atoms with Crippen molar-refractivity contribution in [2.45, 2.75) is 69.6 Å². The molecule has 18 heavy (non-hydrogen) atoms. The number of rotatable bonds is 3. The van der Waals surface area contributed by atoms with Gasteiger partial charge < -0.3 is 5.32 Å². The van der Waals surface area contributed by atoms with E-state index in [0.717, 1.165) is 25.8 Å². The quantitative estimate of drug-likeness (QED) is 0.776. The zero-order valence-corrected chi connectivity index (χ0v) is 12.1. The summed E-state index contributed by atoms with van der Waals surface area (Å²) in [6.45, 7) is 0.795. The van der Waals surface area contributed by atoms with Gasteiger partial charge in [-0.1, -0.05) is 38.5 Å². The Kier molecular flexibility index (Phi) is 5.81. The van der Waals surface area contributed by atoms with Crippen molar-refractivity contribution in [3.8, 4) is 0 Å². The number of amides is 1. The maximum atomic E-state index is 12.2. The molecule has 2 fully saturated rings. The Morgan fingerprint density at radius 3 is 2.22 bits per heavy atom. The van der Waals surface area contributed by atoms with Crippen LogP contribution in [0.4, 0.5) is 0 Å². The molecule has 2 aliphatic rings. The van der Waals surface area contributed by atoms with E-state index < -0.39 is 0 Å². The Bertz CT molecular complexity index is 261. The Morgan fingerprint density at radius 2 is 1.61 bits per heavy atom. The fourth-order valence-electron chi connectivity index (χ4n) is 3.32. The number of nitrogens with one attached hydrogen (secondary N) is 1. The summed E-state index contributed by atoms with van der Waals surface area (Å²) < 4.78 is 0. The van der Waals surface area contributed by atoms with Crippen LogP contribution in [0.25, 0.3) is 0 Å². The van der Waals surface area contributed by atoms with Crippen molar-refractivity contribution in [3.05, 3.63) is 0 Å². The lowest BCUT2D eigenvalue weighted by Crippen LogP contribution is -2.35. The van der Waals surface area contributed by atoms with Gasteiger partial charge in [-0.15, -0.1) is 11.6 Å². The fraction of sp³-hybridized carbons (Fsp3) is 0.933. The van der Waals surface area contributed by atoms with Crippen molar-refractivity contribution in [2.75, 3.05) is 6.54 Å². The first kappa shape index (κ1) is 14.2. The minimum Gasteiger partial charge on any atom is -0.356 e. The molecule has 2 atom stereocenters. The maximum absolute atomic E-state index is 12.2. The number of hydrogen-bond acceptors (Lipinski definition) is 1. The summed E-state index contributed by atoms with van der Waals surface area (Å²) in [5.74, 6) is 1.05. The summed E-state index contributed by atoms with van der Waals surface area (Å²) in [6, 6.07) is 0. The highest BCUT2D eigenvalue weighted by Crippen LogP contribution is 2.29. The summed E-state index contributed by atoms with van der Waals surface area (Å²) >= 11 is 6.24. The van der Waals surface area contributed by atoms with E-state index in [1.54, 1.807) is 0 Å². The molecule has 0 radical (unpaired) electrons. The second kappa shape index (κ2) is 7.37. The van der Waals surface area contributed by atoms with E-state index in [-0.39, 0.29) is 17.2 Å². The molecule has 2 rings (SSSR count). The predicted molar refractivity (Wildman–Crippen MR) is 75.8 cm³/mol. The third-order valence-corrected chi connectivity index (χ3v) is 5.16. The lowest BCUT2D eigenvalue weighted by Gasteiger charge is -2.21. The van der Waals surface area contributed by atoms with Gasteiger partial charge >= 0.3 is 0 Å². The van der Waals surface area contributed by atoms with Crippen molar-refractivity contribution < 1.29 is 4.79 Å². The van der Waals surface area contributed by atoms with Gasteiger partial charge in [0.1, 0.15) is 0 Å². The predicted octanol–water partition coefficient (Wildman–Crippen LogP) is 3.87. The van der Waals surface area contributed by atoms with Crippen LogP contribution >= 0.6 is 11.6 Å². The topological polar surface area (TPSA) is 29.1 Å². The van der Waals surface area contributed by atoms with Crippen LogP contribution in [0.1, 0.15) is 64.2 Å². The van der Waals surface area contributed by atoms with Crippen LogP contribution < -0.4 is 5.32 Å². The highest BCUT2D eigenvalue weighted by atomic mass is 35.5. The van der Waals surface area contributed by atoms with Crippen LogP contribution in [-0.4, -0.2) is 17.8 Å². The standard InChI is InChI=1S/C15H26ClNO/c16-14-10-6-9-13(14)11-17-15(18)12-7-4-2-1-3-5-8-12/h12-14H,1-11H2,(H,17,18). The molecule has 2 saturated carbocycles. The van der Waals surface area contributed by atoms with Gasteiger partial charge in [-0.2, -0.15) is 0 Å². The Labute approximate surface area is 116 Å². The zero-order chi connectivity index (χ0) is 12.8. The number of carbonyl (C=O) groups excluding carboxylic acids is 1. The first-order valence-corrected chi connectivity index (χ1v) is 8.13. The monoisotopic (exact) mass is 271 g/mol. The highest BCUT2D eigenvalue weighted by Gasteiger charge is 2.26. The summed E-state index contributed by atoms with van der Waals surface area (Å²) in [5.41, 5.74) is 0. The molecular weight excluding hydrogens is 246 g/mol. The molecule has 3 heteroatoms. The summed E-state index contributed by atoms with van der Waals surface area (Å²) in [6.07, 6.45) is 12.1. The summed E-state index contributed by atoms with van der Waals surface area (Å²) in [5, 5.41) is 3.43. The molecule has 1 N–H and O–H groups in total. The van der Waals surface area contributed by atoms with Crippen LogP contribution in [0.15, 0.2) is 0 Å². The molecule has 2 unspecified atom stereocenters. The van der Waals surface area contributed by atoms with E-state index in [1.165, 1.54) is 44.9 Å². The summed E-state index contributed by atoms with van der Waals surface area (Å²) in [4.78, 5) is 12.2. The van der Waals surface area contributed by atoms with E-state index in [0.29, 0.717) is 5.92 Å². The van der Waals surface area contributed by atoms with Crippen molar-refractivity contribution >= 4 is 17.5 Å². The first-order chi connectivity index (χ1) is 8.77. The van der Waals surface area contributed by atoms with E-state index in [4.69, 9.17) is 11.6 Å². The molecular formula is C15H26ClNO. The maximum Gasteiger partial charge on any atom is 0.223 e. The second-order valence-corrected chi connectivity index (χ2v) is 6.55. The van der Waals surface area contributed by atoms with Crippen LogP contribution in [0.5, 0.6) is 0 Å². The number of hydrogen-bond donors (Lipinski definition) is 1. The lowest BCUT2D eigenvalue weighted by molar-refractivity contribution is -0.125. The molecule has 0 aliphatic heterocycles. The van der Waals surface area contributed by atoms with Crippen LogP contribution in [-0.2, 0) is 4.79 Å². The Morgan fingerprint density at radius 1 is 0.944 bits per heavy atom. The molecule has 0 saturated heterocycles. The number of alkyl halides is 1. The third kappa shape index (κ3) is 4.15. The Balaban J connectivity index is 1.72. The molecule has 1 amide bonds. The lowest BCUT2D eigenvalue weighted by atomic mass is 9.90. The minimum atomic E-state index is 0.264. The normalized spacial score (nSPS) is 30.7. The van der Waals surface area contributed by atoms with Crippen molar-refractivity contribution in [1.82, 2.24) is 5.32 Å². The van der Waals surface area contributed by atoms with E-state index in [9.17, 15) is 4.79 Å². The minimum absolute atomic E-state index is 0.264. The molecule has 0 aromatic rings. The highest BCUT2D eigenvalue weighted by molar-refractivity contribution is 6.20. The van der Waals surface area contributed by atoms with Gasteiger partial charge in [0.05, 0.1) is 0 Å². The average Bonchev–Trinajstić information content (AvgIpc) is 2.71. The van der Waals surface area contributed by atoms with E-state index in [1.807, 2.05) is 0 Å². The van der Waals surface area contributed by atoms with Gasteiger partial charge in [0.25, 0.3) is 0 Å². The third-order valence-electron chi connectivity index (χ3n) is 4.58. The zero-order valence-electron chi connectivity index (χ0n) is 11.3.